The van der Waals surface area contributed by atoms with Gasteiger partial charge in [-0.05, 0) is 30.7 Å². The summed E-state index contributed by atoms with van der Waals surface area (Å²) in [5, 5.41) is 0. The van der Waals surface area contributed by atoms with Gasteiger partial charge < -0.3 is 4.90 Å². The first-order valence-corrected chi connectivity index (χ1v) is 8.18. The van der Waals surface area contributed by atoms with Crippen LogP contribution < -0.4 is 0 Å². The molecule has 4 nitrogen and oxygen atoms in total. The third kappa shape index (κ3) is 2.53. The summed E-state index contributed by atoms with van der Waals surface area (Å²) < 4.78 is 0. The third-order valence-corrected chi connectivity index (χ3v) is 5.23. The molecule has 0 bridgehead atoms. The summed E-state index contributed by atoms with van der Waals surface area (Å²) in [5.74, 6) is 1.19. The minimum Gasteiger partial charge on any atom is -0.338 e. The highest BCUT2D eigenvalue weighted by molar-refractivity contribution is 5.94. The first-order chi connectivity index (χ1) is 11.2. The standard InChI is InChI=1S/C19H21N3O/c1-21-11-16-12-22(19(23)15-8-5-9-20-10-15)13-17(16)18(21)14-6-3-2-4-7-14/h2-10,16-18H,11-13H2,1H3/t16-,17+,18-/m0/s1. The largest absolute Gasteiger partial charge is 0.338 e. The van der Waals surface area contributed by atoms with Crippen molar-refractivity contribution in [3.8, 4) is 0 Å². The van der Waals surface area contributed by atoms with E-state index >= 15 is 0 Å². The van der Waals surface area contributed by atoms with Gasteiger partial charge in [-0.15, -0.1) is 0 Å². The van der Waals surface area contributed by atoms with Gasteiger partial charge >= 0.3 is 0 Å². The van der Waals surface area contributed by atoms with Crippen LogP contribution in [0.15, 0.2) is 54.9 Å². The first kappa shape index (κ1) is 14.4. The van der Waals surface area contributed by atoms with Crippen molar-refractivity contribution in [2.75, 3.05) is 26.7 Å². The van der Waals surface area contributed by atoms with E-state index < -0.39 is 0 Å². The molecule has 2 saturated heterocycles. The molecule has 1 aromatic carbocycles. The van der Waals surface area contributed by atoms with Crippen LogP contribution in [-0.2, 0) is 0 Å². The van der Waals surface area contributed by atoms with Crippen molar-refractivity contribution in [1.82, 2.24) is 14.8 Å². The molecule has 0 saturated carbocycles. The molecule has 1 aromatic heterocycles. The van der Waals surface area contributed by atoms with Crippen molar-refractivity contribution >= 4 is 5.91 Å². The number of carbonyl (C=O) groups excluding carboxylic acids is 1. The Morgan fingerprint density at radius 2 is 1.91 bits per heavy atom. The predicted molar refractivity (Wildman–Crippen MR) is 88.9 cm³/mol. The topological polar surface area (TPSA) is 36.4 Å². The molecule has 0 unspecified atom stereocenters. The van der Waals surface area contributed by atoms with Crippen molar-refractivity contribution < 1.29 is 4.79 Å². The van der Waals surface area contributed by atoms with Gasteiger partial charge in [0, 0.05) is 44.0 Å². The molecule has 3 heterocycles. The van der Waals surface area contributed by atoms with Gasteiger partial charge in [-0.1, -0.05) is 30.3 Å². The van der Waals surface area contributed by atoms with E-state index in [1.54, 1.807) is 12.4 Å². The Labute approximate surface area is 136 Å². The predicted octanol–water partition coefficient (Wildman–Crippen LogP) is 2.46. The number of aromatic nitrogens is 1. The van der Waals surface area contributed by atoms with E-state index in [9.17, 15) is 4.79 Å². The fourth-order valence-electron chi connectivity index (χ4n) is 4.25. The Kier molecular flexibility index (Phi) is 3.62. The van der Waals surface area contributed by atoms with Crippen LogP contribution in [0.4, 0.5) is 0 Å². The van der Waals surface area contributed by atoms with Gasteiger partial charge in [-0.2, -0.15) is 0 Å². The van der Waals surface area contributed by atoms with Crippen LogP contribution >= 0.6 is 0 Å². The second kappa shape index (κ2) is 5.78. The third-order valence-electron chi connectivity index (χ3n) is 5.23. The van der Waals surface area contributed by atoms with Gasteiger partial charge in [0.05, 0.1) is 5.56 Å². The fraction of sp³-hybridized carbons (Fsp3) is 0.368. The van der Waals surface area contributed by atoms with Crippen molar-refractivity contribution in [3.63, 3.8) is 0 Å². The first-order valence-electron chi connectivity index (χ1n) is 8.18. The monoisotopic (exact) mass is 307 g/mol. The number of pyridine rings is 1. The van der Waals surface area contributed by atoms with Crippen LogP contribution in [0.3, 0.4) is 0 Å². The lowest BCUT2D eigenvalue weighted by molar-refractivity contribution is 0.0767. The van der Waals surface area contributed by atoms with Gasteiger partial charge in [0.2, 0.25) is 0 Å². The summed E-state index contributed by atoms with van der Waals surface area (Å²) in [5.41, 5.74) is 2.05. The lowest BCUT2D eigenvalue weighted by atomic mass is 9.90. The smallest absolute Gasteiger partial charge is 0.255 e. The molecule has 3 atom stereocenters. The van der Waals surface area contributed by atoms with E-state index in [4.69, 9.17) is 0 Å². The van der Waals surface area contributed by atoms with Crippen molar-refractivity contribution in [1.29, 1.82) is 0 Å². The molecule has 2 fully saturated rings. The van der Waals surface area contributed by atoms with Gasteiger partial charge in [0.25, 0.3) is 5.91 Å². The second-order valence-electron chi connectivity index (χ2n) is 6.67. The number of hydrogen-bond acceptors (Lipinski definition) is 3. The summed E-state index contributed by atoms with van der Waals surface area (Å²) in [4.78, 5) is 21.2. The zero-order chi connectivity index (χ0) is 15.8. The molecule has 0 N–H and O–H groups in total. The number of carbonyl (C=O) groups is 1. The zero-order valence-corrected chi connectivity index (χ0v) is 13.3. The van der Waals surface area contributed by atoms with Crippen LogP contribution in [0.1, 0.15) is 22.0 Å². The molecule has 0 aliphatic carbocycles. The summed E-state index contributed by atoms with van der Waals surface area (Å²) in [6.45, 7) is 2.75. The summed E-state index contributed by atoms with van der Waals surface area (Å²) >= 11 is 0. The van der Waals surface area contributed by atoms with Crippen LogP contribution in [0.5, 0.6) is 0 Å². The molecule has 2 aromatic rings. The van der Waals surface area contributed by atoms with E-state index in [1.807, 2.05) is 17.0 Å². The van der Waals surface area contributed by atoms with Crippen molar-refractivity contribution in [3.05, 3.63) is 66.0 Å². The van der Waals surface area contributed by atoms with E-state index in [2.05, 4.69) is 47.3 Å². The molecular formula is C19H21N3O. The van der Waals surface area contributed by atoms with Gasteiger partial charge in [0.15, 0.2) is 0 Å². The number of amides is 1. The molecule has 4 heteroatoms. The van der Waals surface area contributed by atoms with Gasteiger partial charge in [-0.3, -0.25) is 14.7 Å². The summed E-state index contributed by atoms with van der Waals surface area (Å²) in [6.07, 6.45) is 3.37. The molecular weight excluding hydrogens is 286 g/mol. The number of fused-ring (bicyclic) bond motifs is 1. The van der Waals surface area contributed by atoms with Crippen LogP contribution in [0, 0.1) is 11.8 Å². The maximum absolute atomic E-state index is 12.7. The second-order valence-corrected chi connectivity index (χ2v) is 6.67. The van der Waals surface area contributed by atoms with Crippen LogP contribution in [0.25, 0.3) is 0 Å². The molecule has 23 heavy (non-hydrogen) atoms. The quantitative estimate of drug-likeness (QED) is 0.855. The van der Waals surface area contributed by atoms with Crippen molar-refractivity contribution in [2.45, 2.75) is 6.04 Å². The minimum atomic E-state index is 0.113. The maximum Gasteiger partial charge on any atom is 0.255 e. The van der Waals surface area contributed by atoms with E-state index in [0.29, 0.717) is 23.4 Å². The number of likely N-dealkylation sites (tertiary alicyclic amines) is 2. The Hall–Kier alpha value is -2.20. The molecule has 2 aliphatic rings. The zero-order valence-electron chi connectivity index (χ0n) is 13.3. The Balaban J connectivity index is 1.55. The number of rotatable bonds is 2. The van der Waals surface area contributed by atoms with E-state index in [-0.39, 0.29) is 5.91 Å². The van der Waals surface area contributed by atoms with Gasteiger partial charge in [0.1, 0.15) is 0 Å². The van der Waals surface area contributed by atoms with Crippen molar-refractivity contribution in [2.24, 2.45) is 11.8 Å². The maximum atomic E-state index is 12.7. The number of nitrogens with zero attached hydrogens (tertiary/aromatic N) is 3. The van der Waals surface area contributed by atoms with Gasteiger partial charge in [-0.25, -0.2) is 0 Å². The van der Waals surface area contributed by atoms with Crippen LogP contribution in [0.2, 0.25) is 0 Å². The molecule has 0 spiro atoms. The minimum absolute atomic E-state index is 0.113. The van der Waals surface area contributed by atoms with E-state index in [1.165, 1.54) is 5.56 Å². The molecule has 0 radical (unpaired) electrons. The Bertz CT molecular complexity index is 688. The SMILES string of the molecule is CN1C[C@H]2CN(C(=O)c3cccnc3)C[C@H]2[C@@H]1c1ccccc1. The fourth-order valence-corrected chi connectivity index (χ4v) is 4.25. The summed E-state index contributed by atoms with van der Waals surface area (Å²) in [7, 11) is 2.20. The highest BCUT2D eigenvalue weighted by Gasteiger charge is 2.47. The lowest BCUT2D eigenvalue weighted by Gasteiger charge is -2.26. The highest BCUT2D eigenvalue weighted by Crippen LogP contribution is 2.44. The molecule has 2 aliphatic heterocycles. The number of benzene rings is 1. The average Bonchev–Trinajstić information content (AvgIpc) is 3.12. The van der Waals surface area contributed by atoms with Crippen LogP contribution in [-0.4, -0.2) is 47.4 Å². The summed E-state index contributed by atoms with van der Waals surface area (Å²) in [6, 6.07) is 14.8. The normalized spacial score (nSPS) is 27.2. The molecule has 118 valence electrons. The highest BCUT2D eigenvalue weighted by atomic mass is 16.2. The lowest BCUT2D eigenvalue weighted by Crippen LogP contribution is -2.33. The molecule has 4 rings (SSSR count). The Morgan fingerprint density at radius 1 is 1.09 bits per heavy atom. The average molecular weight is 307 g/mol. The number of hydrogen-bond donors (Lipinski definition) is 0. The van der Waals surface area contributed by atoms with E-state index in [0.717, 1.165) is 19.6 Å². The molecule has 1 amide bonds. The Morgan fingerprint density at radius 3 is 2.65 bits per heavy atom.